The van der Waals surface area contributed by atoms with E-state index >= 15 is 0 Å². The van der Waals surface area contributed by atoms with Crippen LogP contribution in [0.3, 0.4) is 0 Å². The van der Waals surface area contributed by atoms with Crippen LogP contribution in [0.2, 0.25) is 0 Å². The van der Waals surface area contributed by atoms with Gasteiger partial charge in [-0.3, -0.25) is 0 Å². The third-order valence-corrected chi connectivity index (χ3v) is 4.82. The smallest absolute Gasteiger partial charge is 0.191 e. The van der Waals surface area contributed by atoms with Crippen molar-refractivity contribution in [1.29, 1.82) is 0 Å². The summed E-state index contributed by atoms with van der Waals surface area (Å²) in [5, 5.41) is 9.70. The zero-order valence-electron chi connectivity index (χ0n) is 14.7. The lowest BCUT2D eigenvalue weighted by Crippen LogP contribution is -2.06. The fourth-order valence-electron chi connectivity index (χ4n) is 2.65. The van der Waals surface area contributed by atoms with Crippen molar-refractivity contribution in [2.45, 2.75) is 32.0 Å². The van der Waals surface area contributed by atoms with Gasteiger partial charge in [-0.1, -0.05) is 54.2 Å². The van der Waals surface area contributed by atoms with Crippen molar-refractivity contribution in [3.8, 4) is 5.75 Å². The minimum absolute atomic E-state index is 0.652. The highest BCUT2D eigenvalue weighted by Crippen LogP contribution is 2.19. The van der Waals surface area contributed by atoms with Crippen molar-refractivity contribution in [2.75, 3.05) is 12.4 Å². The molecule has 0 fully saturated rings. The largest absolute Gasteiger partial charge is 0.493 e. The van der Waals surface area contributed by atoms with E-state index in [-0.39, 0.29) is 0 Å². The lowest BCUT2D eigenvalue weighted by Gasteiger charge is -2.08. The molecule has 0 spiro atoms. The van der Waals surface area contributed by atoms with Crippen LogP contribution < -0.4 is 4.74 Å². The fourth-order valence-corrected chi connectivity index (χ4v) is 3.49. The summed E-state index contributed by atoms with van der Waals surface area (Å²) >= 11 is 1.69. The highest BCUT2D eigenvalue weighted by atomic mass is 32.2. The molecule has 0 saturated heterocycles. The van der Waals surface area contributed by atoms with E-state index < -0.39 is 0 Å². The molecule has 0 atom stereocenters. The average Bonchev–Trinajstić information content (AvgIpc) is 3.01. The first-order chi connectivity index (χ1) is 12.3. The van der Waals surface area contributed by atoms with Gasteiger partial charge in [0.05, 0.1) is 6.61 Å². The summed E-state index contributed by atoms with van der Waals surface area (Å²) in [5.74, 6) is 2.77. The van der Waals surface area contributed by atoms with Crippen molar-refractivity contribution in [1.82, 2.24) is 14.8 Å². The number of aryl methyl sites for hydroxylation is 1. The number of hydrogen-bond acceptors (Lipinski definition) is 4. The molecule has 25 heavy (non-hydrogen) atoms. The normalized spacial score (nSPS) is 10.8. The van der Waals surface area contributed by atoms with E-state index in [4.69, 9.17) is 4.74 Å². The van der Waals surface area contributed by atoms with Gasteiger partial charge in [0, 0.05) is 18.7 Å². The number of thioether (sulfide) groups is 1. The van der Waals surface area contributed by atoms with E-state index in [0.29, 0.717) is 6.61 Å². The molecule has 4 nitrogen and oxygen atoms in total. The van der Waals surface area contributed by atoms with Crippen LogP contribution in [0, 0.1) is 6.92 Å². The van der Waals surface area contributed by atoms with Crippen LogP contribution >= 0.6 is 11.8 Å². The fraction of sp³-hybridized carbons (Fsp3) is 0.300. The zero-order chi connectivity index (χ0) is 17.5. The second kappa shape index (κ2) is 8.72. The van der Waals surface area contributed by atoms with Crippen LogP contribution in [-0.4, -0.2) is 27.1 Å². The van der Waals surface area contributed by atoms with Gasteiger partial charge < -0.3 is 9.30 Å². The quantitative estimate of drug-likeness (QED) is 0.445. The van der Waals surface area contributed by atoms with E-state index in [9.17, 15) is 0 Å². The van der Waals surface area contributed by atoms with Gasteiger partial charge in [-0.15, -0.1) is 10.2 Å². The molecule has 0 bridgehead atoms. The monoisotopic (exact) mass is 353 g/mol. The molecule has 2 aromatic carbocycles. The van der Waals surface area contributed by atoms with Crippen LogP contribution in [0.1, 0.15) is 23.9 Å². The standard InChI is InChI=1S/C20H23N3OS/c1-3-23-19(15-17-9-5-4-6-10-17)21-22-20(23)25-13-12-24-18-11-7-8-16(2)14-18/h4-11,14H,3,12-13,15H2,1-2H3. The van der Waals surface area contributed by atoms with E-state index in [1.165, 1.54) is 11.1 Å². The number of benzene rings is 2. The third-order valence-electron chi connectivity index (χ3n) is 3.89. The summed E-state index contributed by atoms with van der Waals surface area (Å²) < 4.78 is 7.99. The number of hydrogen-bond donors (Lipinski definition) is 0. The van der Waals surface area contributed by atoms with Gasteiger partial charge in [0.15, 0.2) is 5.16 Å². The third kappa shape index (κ3) is 4.86. The maximum absolute atomic E-state index is 5.81. The molecule has 0 amide bonds. The van der Waals surface area contributed by atoms with Gasteiger partial charge in [-0.2, -0.15) is 0 Å². The summed E-state index contributed by atoms with van der Waals surface area (Å²) in [5.41, 5.74) is 2.46. The SMILES string of the molecule is CCn1c(Cc2ccccc2)nnc1SCCOc1cccc(C)c1. The second-order valence-electron chi connectivity index (χ2n) is 5.82. The maximum Gasteiger partial charge on any atom is 0.191 e. The molecule has 5 heteroatoms. The van der Waals surface area contributed by atoms with E-state index in [0.717, 1.165) is 35.4 Å². The molecular formula is C20H23N3OS. The summed E-state index contributed by atoms with van der Waals surface area (Å²) in [6.07, 6.45) is 0.808. The van der Waals surface area contributed by atoms with Crippen molar-refractivity contribution < 1.29 is 4.74 Å². The lowest BCUT2D eigenvalue weighted by atomic mass is 10.1. The van der Waals surface area contributed by atoms with E-state index in [1.807, 2.05) is 18.2 Å². The first-order valence-electron chi connectivity index (χ1n) is 8.54. The Morgan fingerprint density at radius 1 is 1.04 bits per heavy atom. The topological polar surface area (TPSA) is 39.9 Å². The molecule has 0 aliphatic carbocycles. The summed E-state index contributed by atoms with van der Waals surface area (Å²) in [6.45, 7) is 5.72. The maximum atomic E-state index is 5.81. The Balaban J connectivity index is 1.55. The molecule has 0 N–H and O–H groups in total. The van der Waals surface area contributed by atoms with Crippen LogP contribution in [0.5, 0.6) is 5.75 Å². The Bertz CT molecular complexity index is 802. The predicted molar refractivity (Wildman–Crippen MR) is 102 cm³/mol. The van der Waals surface area contributed by atoms with Crippen molar-refractivity contribution in [3.05, 3.63) is 71.5 Å². The Hall–Kier alpha value is -2.27. The Labute approximate surface area is 153 Å². The summed E-state index contributed by atoms with van der Waals surface area (Å²) in [6, 6.07) is 18.5. The molecule has 3 aromatic rings. The number of rotatable bonds is 8. The van der Waals surface area contributed by atoms with Crippen molar-refractivity contribution >= 4 is 11.8 Å². The number of ether oxygens (including phenoxy) is 1. The van der Waals surface area contributed by atoms with Gasteiger partial charge in [-0.25, -0.2) is 0 Å². The summed E-state index contributed by atoms with van der Waals surface area (Å²) in [4.78, 5) is 0. The molecular weight excluding hydrogens is 330 g/mol. The molecule has 0 aliphatic rings. The van der Waals surface area contributed by atoms with Crippen molar-refractivity contribution in [3.63, 3.8) is 0 Å². The molecule has 1 aromatic heterocycles. The van der Waals surface area contributed by atoms with Gasteiger partial charge in [0.2, 0.25) is 0 Å². The van der Waals surface area contributed by atoms with E-state index in [1.54, 1.807) is 11.8 Å². The van der Waals surface area contributed by atoms with Gasteiger partial charge in [-0.05, 0) is 37.1 Å². The Morgan fingerprint density at radius 2 is 1.88 bits per heavy atom. The first-order valence-corrected chi connectivity index (χ1v) is 9.53. The lowest BCUT2D eigenvalue weighted by molar-refractivity contribution is 0.343. The van der Waals surface area contributed by atoms with Crippen LogP contribution in [-0.2, 0) is 13.0 Å². The van der Waals surface area contributed by atoms with Gasteiger partial charge >= 0.3 is 0 Å². The molecule has 0 radical (unpaired) electrons. The minimum Gasteiger partial charge on any atom is -0.493 e. The second-order valence-corrected chi connectivity index (χ2v) is 6.88. The zero-order valence-corrected chi connectivity index (χ0v) is 15.5. The number of aromatic nitrogens is 3. The van der Waals surface area contributed by atoms with Gasteiger partial charge in [0.1, 0.15) is 11.6 Å². The molecule has 0 saturated carbocycles. The minimum atomic E-state index is 0.652. The Kier molecular flexibility index (Phi) is 6.12. The Morgan fingerprint density at radius 3 is 2.64 bits per heavy atom. The van der Waals surface area contributed by atoms with Crippen LogP contribution in [0.25, 0.3) is 0 Å². The predicted octanol–water partition coefficient (Wildman–Crippen LogP) is 4.37. The average molecular weight is 353 g/mol. The van der Waals surface area contributed by atoms with Crippen LogP contribution in [0.15, 0.2) is 59.8 Å². The molecule has 0 unspecified atom stereocenters. The highest BCUT2D eigenvalue weighted by Gasteiger charge is 2.11. The van der Waals surface area contributed by atoms with E-state index in [2.05, 4.69) is 65.0 Å². The first kappa shape index (κ1) is 17.5. The molecule has 0 aliphatic heterocycles. The highest BCUT2D eigenvalue weighted by molar-refractivity contribution is 7.99. The molecule has 1 heterocycles. The molecule has 130 valence electrons. The summed E-state index contributed by atoms with van der Waals surface area (Å²) in [7, 11) is 0. The van der Waals surface area contributed by atoms with Gasteiger partial charge in [0.25, 0.3) is 0 Å². The molecule has 3 rings (SSSR count). The van der Waals surface area contributed by atoms with Crippen molar-refractivity contribution in [2.24, 2.45) is 0 Å². The number of nitrogens with zero attached hydrogens (tertiary/aromatic N) is 3. The van der Waals surface area contributed by atoms with Crippen LogP contribution in [0.4, 0.5) is 0 Å².